The molecule has 0 aromatic heterocycles. The smallest absolute Gasteiger partial charge is 0.394 e. The fourth-order valence-electron chi connectivity index (χ4n) is 5.46. The monoisotopic (exact) mass is 590 g/mol. The molecule has 1 atom stereocenters. The van der Waals surface area contributed by atoms with E-state index in [1.54, 1.807) is 30.0 Å². The Hall–Kier alpha value is -3.55. The number of nitrogens with one attached hydrogen (secondary N) is 1. The van der Waals surface area contributed by atoms with Crippen LogP contribution in [0.1, 0.15) is 47.9 Å². The largest absolute Gasteiger partial charge is 0.416 e. The van der Waals surface area contributed by atoms with Crippen LogP contribution in [-0.2, 0) is 25.8 Å². The molecule has 0 aliphatic carbocycles. The molecule has 3 heterocycles. The van der Waals surface area contributed by atoms with E-state index in [1.165, 1.54) is 22.5 Å². The SMILES string of the molecule is Cc1cc(N2C(=O)CC[C@H]2CO)ccc1/C=C/S(=O)(=O)N1CCC2(CC1)N=C(c1cccc(C(F)(F)F)c1)NC2=O. The molecule has 0 saturated carbocycles. The van der Waals surface area contributed by atoms with Gasteiger partial charge in [-0.3, -0.25) is 14.6 Å². The molecule has 5 rings (SSSR count). The molecule has 2 fully saturated rings. The lowest BCUT2D eigenvalue weighted by molar-refractivity contribution is -0.137. The number of halogens is 3. The van der Waals surface area contributed by atoms with Crippen molar-refractivity contribution in [1.29, 1.82) is 0 Å². The first-order valence-corrected chi connectivity index (χ1v) is 14.6. The number of hydrogen-bond acceptors (Lipinski definition) is 6. The zero-order chi connectivity index (χ0) is 29.6. The van der Waals surface area contributed by atoms with Gasteiger partial charge in [0.1, 0.15) is 11.4 Å². The summed E-state index contributed by atoms with van der Waals surface area (Å²) in [6.45, 7) is 1.68. The summed E-state index contributed by atoms with van der Waals surface area (Å²) in [5.74, 6) is -0.496. The van der Waals surface area contributed by atoms with Crippen LogP contribution < -0.4 is 10.2 Å². The van der Waals surface area contributed by atoms with Crippen LogP contribution in [0.2, 0.25) is 0 Å². The number of nitrogens with zero attached hydrogens (tertiary/aromatic N) is 3. The number of amidine groups is 1. The Morgan fingerprint density at radius 3 is 2.54 bits per heavy atom. The van der Waals surface area contributed by atoms with Crippen LogP contribution in [0.4, 0.5) is 18.9 Å². The van der Waals surface area contributed by atoms with Gasteiger partial charge in [-0.25, -0.2) is 8.42 Å². The number of hydrogen-bond donors (Lipinski definition) is 2. The summed E-state index contributed by atoms with van der Waals surface area (Å²) < 4.78 is 66.8. The van der Waals surface area contributed by atoms with Gasteiger partial charge in [-0.1, -0.05) is 18.2 Å². The number of anilines is 1. The Balaban J connectivity index is 1.27. The average molecular weight is 591 g/mol. The number of rotatable bonds is 6. The average Bonchev–Trinajstić information content (AvgIpc) is 3.46. The summed E-state index contributed by atoms with van der Waals surface area (Å²) in [7, 11) is -3.85. The van der Waals surface area contributed by atoms with Gasteiger partial charge >= 0.3 is 6.18 Å². The highest BCUT2D eigenvalue weighted by atomic mass is 32.2. The molecule has 2 aromatic rings. The molecule has 0 bridgehead atoms. The molecule has 9 nitrogen and oxygen atoms in total. The van der Waals surface area contributed by atoms with Gasteiger partial charge in [0, 0.05) is 36.2 Å². The van der Waals surface area contributed by atoms with Gasteiger partial charge in [-0.05, 0) is 67.7 Å². The third-order valence-electron chi connectivity index (χ3n) is 7.84. The summed E-state index contributed by atoms with van der Waals surface area (Å²) in [4.78, 5) is 31.1. The summed E-state index contributed by atoms with van der Waals surface area (Å²) in [6, 6.07) is 9.46. The van der Waals surface area contributed by atoms with Gasteiger partial charge < -0.3 is 15.3 Å². The minimum absolute atomic E-state index is 0.0109. The molecule has 2 N–H and O–H groups in total. The molecule has 1 spiro atoms. The normalized spacial score (nSPS) is 21.6. The number of sulfonamides is 1. The number of carbonyl (C=O) groups excluding carboxylic acids is 2. The van der Waals surface area contributed by atoms with Crippen LogP contribution >= 0.6 is 0 Å². The highest BCUT2D eigenvalue weighted by molar-refractivity contribution is 7.92. The molecule has 13 heteroatoms. The number of carbonyl (C=O) groups is 2. The predicted octanol–water partition coefficient (Wildman–Crippen LogP) is 3.21. The van der Waals surface area contributed by atoms with E-state index in [1.807, 2.05) is 0 Å². The molecule has 2 saturated heterocycles. The summed E-state index contributed by atoms with van der Waals surface area (Å²) in [5, 5.41) is 13.2. The van der Waals surface area contributed by atoms with E-state index in [0.29, 0.717) is 24.1 Å². The lowest BCUT2D eigenvalue weighted by Gasteiger charge is -2.34. The number of aliphatic imine (C=N–C) groups is 1. The molecular weight excluding hydrogens is 561 g/mol. The van der Waals surface area contributed by atoms with E-state index < -0.39 is 33.2 Å². The number of aryl methyl sites for hydroxylation is 1. The van der Waals surface area contributed by atoms with Crippen LogP contribution in [0.3, 0.4) is 0 Å². The zero-order valence-electron chi connectivity index (χ0n) is 22.2. The molecule has 3 aliphatic heterocycles. The van der Waals surface area contributed by atoms with Gasteiger partial charge in [0.2, 0.25) is 15.9 Å². The molecule has 0 unspecified atom stereocenters. The third kappa shape index (κ3) is 5.66. The summed E-state index contributed by atoms with van der Waals surface area (Å²) >= 11 is 0. The van der Waals surface area contributed by atoms with Crippen molar-refractivity contribution in [2.75, 3.05) is 24.6 Å². The Morgan fingerprint density at radius 2 is 1.88 bits per heavy atom. The maximum atomic E-state index is 13.1. The molecule has 2 aromatic carbocycles. The number of benzene rings is 2. The van der Waals surface area contributed by atoms with Crippen molar-refractivity contribution in [3.05, 3.63) is 70.1 Å². The van der Waals surface area contributed by atoms with Crippen LogP contribution in [-0.4, -0.2) is 66.8 Å². The third-order valence-corrected chi connectivity index (χ3v) is 9.41. The molecule has 41 heavy (non-hydrogen) atoms. The standard InChI is InChI=1S/C28H29F3N4O5S/c1-18-15-22(35-23(17-36)7-8-24(35)37)6-5-19(18)9-14-41(39,40)34-12-10-27(11-13-34)26(38)32-25(33-27)20-3-2-4-21(16-20)28(29,30)31/h2-6,9,14-16,23,36H,7-8,10-13,17H2,1H3,(H,32,33,38)/b14-9+/t23-/m0/s1. The van der Waals surface area contributed by atoms with Crippen molar-refractivity contribution in [2.24, 2.45) is 4.99 Å². The quantitative estimate of drug-likeness (QED) is 0.536. The van der Waals surface area contributed by atoms with Gasteiger partial charge in [0.15, 0.2) is 0 Å². The Bertz CT molecular complexity index is 1550. The Labute approximate surface area is 235 Å². The van der Waals surface area contributed by atoms with Crippen molar-refractivity contribution in [2.45, 2.75) is 50.4 Å². The zero-order valence-corrected chi connectivity index (χ0v) is 23.0. The summed E-state index contributed by atoms with van der Waals surface area (Å²) in [6.07, 6.45) is -1.97. The van der Waals surface area contributed by atoms with Crippen LogP contribution in [0.5, 0.6) is 0 Å². The van der Waals surface area contributed by atoms with Gasteiger partial charge in [0.05, 0.1) is 18.2 Å². The van der Waals surface area contributed by atoms with E-state index >= 15 is 0 Å². The van der Waals surface area contributed by atoms with Crippen LogP contribution in [0.15, 0.2) is 52.9 Å². The van der Waals surface area contributed by atoms with Gasteiger partial charge in [-0.15, -0.1) is 0 Å². The highest BCUT2D eigenvalue weighted by Crippen LogP contribution is 2.34. The second kappa shape index (κ2) is 10.7. The van der Waals surface area contributed by atoms with Crippen molar-refractivity contribution >= 4 is 39.4 Å². The maximum absolute atomic E-state index is 13.1. The minimum atomic E-state index is -4.54. The minimum Gasteiger partial charge on any atom is -0.394 e. The Morgan fingerprint density at radius 1 is 1.15 bits per heavy atom. The van der Waals surface area contributed by atoms with Crippen LogP contribution in [0, 0.1) is 6.92 Å². The maximum Gasteiger partial charge on any atom is 0.416 e. The van der Waals surface area contributed by atoms with Crippen LogP contribution in [0.25, 0.3) is 6.08 Å². The van der Waals surface area contributed by atoms with E-state index in [9.17, 15) is 36.3 Å². The topological polar surface area (TPSA) is 119 Å². The van der Waals surface area contributed by atoms with E-state index in [0.717, 1.165) is 23.1 Å². The second-order valence-electron chi connectivity index (χ2n) is 10.5. The fourth-order valence-corrected chi connectivity index (χ4v) is 6.64. The van der Waals surface area contributed by atoms with Crippen molar-refractivity contribution < 1.29 is 36.3 Å². The van der Waals surface area contributed by atoms with E-state index in [-0.39, 0.29) is 55.9 Å². The van der Waals surface area contributed by atoms with E-state index in [2.05, 4.69) is 10.3 Å². The van der Waals surface area contributed by atoms with Gasteiger partial charge in [0.25, 0.3) is 5.91 Å². The Kier molecular flexibility index (Phi) is 7.55. The number of alkyl halides is 3. The summed E-state index contributed by atoms with van der Waals surface area (Å²) in [5.41, 5.74) is 0.0658. The second-order valence-corrected chi connectivity index (χ2v) is 12.3. The molecule has 3 aliphatic rings. The number of aliphatic hydroxyl groups excluding tert-OH is 1. The lowest BCUT2D eigenvalue weighted by atomic mass is 9.89. The lowest BCUT2D eigenvalue weighted by Crippen LogP contribution is -2.50. The highest BCUT2D eigenvalue weighted by Gasteiger charge is 2.47. The predicted molar refractivity (Wildman–Crippen MR) is 146 cm³/mol. The first kappa shape index (κ1) is 29.0. The molecule has 2 amide bonds. The molecule has 218 valence electrons. The van der Waals surface area contributed by atoms with Crippen molar-refractivity contribution in [3.8, 4) is 0 Å². The number of piperidine rings is 1. The van der Waals surface area contributed by atoms with Crippen molar-refractivity contribution in [1.82, 2.24) is 9.62 Å². The van der Waals surface area contributed by atoms with Crippen molar-refractivity contribution in [3.63, 3.8) is 0 Å². The first-order valence-electron chi connectivity index (χ1n) is 13.1. The molecule has 0 radical (unpaired) electrons. The van der Waals surface area contributed by atoms with Gasteiger partial charge in [-0.2, -0.15) is 17.5 Å². The number of amides is 2. The fraction of sp³-hybridized carbons (Fsp3) is 0.393. The number of aliphatic hydroxyl groups is 1. The van der Waals surface area contributed by atoms with E-state index in [4.69, 9.17) is 0 Å². The first-order chi connectivity index (χ1) is 19.3. The molecular formula is C28H29F3N4O5S.